The Kier molecular flexibility index (Phi) is 3.43. The molecule has 3 aromatic rings. The van der Waals surface area contributed by atoms with Gasteiger partial charge >= 0.3 is 5.72 Å². The Hall–Kier alpha value is -3.60. The molecule has 1 spiro atoms. The zero-order chi connectivity index (χ0) is 20.5. The lowest BCUT2D eigenvalue weighted by atomic mass is 9.92. The predicted molar refractivity (Wildman–Crippen MR) is 116 cm³/mol. The number of likely N-dealkylation sites (N-methyl/N-ethyl adjacent to an activating group) is 1. The highest BCUT2D eigenvalue weighted by Gasteiger charge is 2.62. The van der Waals surface area contributed by atoms with Crippen molar-refractivity contribution in [3.63, 3.8) is 0 Å². The molecule has 3 heterocycles. The number of benzene rings is 3. The summed E-state index contributed by atoms with van der Waals surface area (Å²) in [6.45, 7) is 2.04. The van der Waals surface area contributed by atoms with Crippen molar-refractivity contribution in [3.05, 3.63) is 95.1 Å². The average Bonchev–Trinajstić information content (AvgIpc) is 3.31. The van der Waals surface area contributed by atoms with E-state index < -0.39 is 5.72 Å². The van der Waals surface area contributed by atoms with Crippen molar-refractivity contribution in [1.82, 2.24) is 5.01 Å². The molecule has 0 saturated carbocycles. The molecule has 0 aliphatic carbocycles. The molecular formula is C25H21N3O2. The van der Waals surface area contributed by atoms with Gasteiger partial charge in [0, 0.05) is 19.0 Å². The summed E-state index contributed by atoms with van der Waals surface area (Å²) in [4.78, 5) is 15.4. The van der Waals surface area contributed by atoms with Crippen LogP contribution in [0.1, 0.15) is 34.7 Å². The Morgan fingerprint density at radius 3 is 2.63 bits per heavy atom. The molecule has 148 valence electrons. The van der Waals surface area contributed by atoms with Crippen LogP contribution in [0.15, 0.2) is 77.9 Å². The number of aryl methyl sites for hydroxylation is 1. The standard InChI is InChI=1S/C25H21N3O2/c1-16-12-13-21-19(14-16)25(24(29)27(21)2)28-22(18-10-6-7-11-23(18)30-25)15-20(26-28)17-8-4-3-5-9-17/h3-14,22H,15H2,1-2H3. The number of ether oxygens (including phenoxy) is 1. The smallest absolute Gasteiger partial charge is 0.306 e. The first-order valence-corrected chi connectivity index (χ1v) is 10.2. The van der Waals surface area contributed by atoms with Crippen molar-refractivity contribution in [2.24, 2.45) is 5.10 Å². The molecule has 5 heteroatoms. The van der Waals surface area contributed by atoms with Crippen LogP contribution in [0.25, 0.3) is 0 Å². The Balaban J connectivity index is 1.61. The van der Waals surface area contributed by atoms with Crippen molar-refractivity contribution in [2.45, 2.75) is 25.1 Å². The third-order valence-corrected chi connectivity index (χ3v) is 6.35. The SMILES string of the molecule is Cc1ccc2c(c1)C1(Oc3ccccc3C3CC(c4ccccc4)=NN31)C(=O)N2C. The minimum Gasteiger partial charge on any atom is -0.453 e. The second kappa shape index (κ2) is 5.95. The van der Waals surface area contributed by atoms with E-state index in [1.54, 1.807) is 4.90 Å². The van der Waals surface area contributed by atoms with Crippen LogP contribution in [-0.2, 0) is 10.5 Å². The van der Waals surface area contributed by atoms with Crippen molar-refractivity contribution in [2.75, 3.05) is 11.9 Å². The minimum absolute atomic E-state index is 0.0611. The summed E-state index contributed by atoms with van der Waals surface area (Å²) in [5.41, 5.74) is 4.63. The quantitative estimate of drug-likeness (QED) is 0.615. The maximum absolute atomic E-state index is 13.7. The maximum Gasteiger partial charge on any atom is 0.306 e. The van der Waals surface area contributed by atoms with Crippen molar-refractivity contribution >= 4 is 17.3 Å². The molecule has 3 aliphatic heterocycles. The molecule has 3 aliphatic rings. The lowest BCUT2D eigenvalue weighted by molar-refractivity contribution is -0.163. The van der Waals surface area contributed by atoms with Gasteiger partial charge in [-0.3, -0.25) is 4.79 Å². The molecule has 3 aromatic carbocycles. The zero-order valence-corrected chi connectivity index (χ0v) is 16.9. The van der Waals surface area contributed by atoms with Crippen molar-refractivity contribution in [3.8, 4) is 5.75 Å². The van der Waals surface area contributed by atoms with E-state index in [-0.39, 0.29) is 11.9 Å². The van der Waals surface area contributed by atoms with Gasteiger partial charge in [0.05, 0.1) is 23.0 Å². The van der Waals surface area contributed by atoms with Gasteiger partial charge < -0.3 is 9.64 Å². The fourth-order valence-electron chi connectivity index (χ4n) is 4.89. The molecule has 30 heavy (non-hydrogen) atoms. The van der Waals surface area contributed by atoms with E-state index in [1.165, 1.54) is 0 Å². The van der Waals surface area contributed by atoms with Gasteiger partial charge in [0.2, 0.25) is 0 Å². The first-order valence-electron chi connectivity index (χ1n) is 10.2. The van der Waals surface area contributed by atoms with Crippen LogP contribution in [0.5, 0.6) is 5.75 Å². The minimum atomic E-state index is -1.29. The number of para-hydroxylation sites is 1. The number of carbonyl (C=O) groups is 1. The van der Waals surface area contributed by atoms with Crippen LogP contribution in [0.3, 0.4) is 0 Å². The monoisotopic (exact) mass is 395 g/mol. The van der Waals surface area contributed by atoms with Crippen LogP contribution in [0, 0.1) is 6.92 Å². The number of hydrazone groups is 1. The topological polar surface area (TPSA) is 45.1 Å². The lowest BCUT2D eigenvalue weighted by Crippen LogP contribution is -2.56. The number of fused-ring (bicyclic) bond motifs is 6. The van der Waals surface area contributed by atoms with Crippen molar-refractivity contribution < 1.29 is 9.53 Å². The Morgan fingerprint density at radius 2 is 1.80 bits per heavy atom. The summed E-state index contributed by atoms with van der Waals surface area (Å²) in [6, 6.07) is 24.2. The van der Waals surface area contributed by atoms with Gasteiger partial charge in [-0.1, -0.05) is 60.2 Å². The third-order valence-electron chi connectivity index (χ3n) is 6.35. The molecule has 0 aromatic heterocycles. The molecule has 0 bridgehead atoms. The van der Waals surface area contributed by atoms with E-state index in [0.717, 1.165) is 45.8 Å². The summed E-state index contributed by atoms with van der Waals surface area (Å²) in [5.74, 6) is 0.639. The van der Waals surface area contributed by atoms with E-state index in [4.69, 9.17) is 9.84 Å². The molecule has 6 rings (SSSR count). The highest BCUT2D eigenvalue weighted by atomic mass is 16.5. The molecular weight excluding hydrogens is 374 g/mol. The van der Waals surface area contributed by atoms with Gasteiger partial charge in [0.1, 0.15) is 5.75 Å². The largest absolute Gasteiger partial charge is 0.453 e. The van der Waals surface area contributed by atoms with Crippen LogP contribution in [0.2, 0.25) is 0 Å². The molecule has 0 radical (unpaired) electrons. The Labute approximate surface area is 175 Å². The van der Waals surface area contributed by atoms with E-state index >= 15 is 0 Å². The van der Waals surface area contributed by atoms with Gasteiger partial charge in [-0.05, 0) is 30.7 Å². The summed E-state index contributed by atoms with van der Waals surface area (Å²) in [5, 5.41) is 6.91. The molecule has 0 N–H and O–H groups in total. The van der Waals surface area contributed by atoms with Crippen LogP contribution in [0.4, 0.5) is 5.69 Å². The van der Waals surface area contributed by atoms with Gasteiger partial charge in [0.25, 0.3) is 5.91 Å². The summed E-state index contributed by atoms with van der Waals surface area (Å²) < 4.78 is 6.57. The summed E-state index contributed by atoms with van der Waals surface area (Å²) in [7, 11) is 1.81. The van der Waals surface area contributed by atoms with Gasteiger partial charge in [0.15, 0.2) is 0 Å². The zero-order valence-electron chi connectivity index (χ0n) is 16.9. The molecule has 1 amide bonds. The second-order valence-corrected chi connectivity index (χ2v) is 8.15. The van der Waals surface area contributed by atoms with Gasteiger partial charge in [-0.15, -0.1) is 0 Å². The highest BCUT2D eigenvalue weighted by molar-refractivity contribution is 6.08. The number of amides is 1. The summed E-state index contributed by atoms with van der Waals surface area (Å²) >= 11 is 0. The lowest BCUT2D eigenvalue weighted by Gasteiger charge is -2.44. The van der Waals surface area contributed by atoms with E-state index in [9.17, 15) is 4.79 Å². The number of carbonyl (C=O) groups excluding carboxylic acids is 1. The van der Waals surface area contributed by atoms with E-state index in [1.807, 2.05) is 67.5 Å². The Bertz CT molecular complexity index is 1220. The first kappa shape index (κ1) is 17.3. The molecule has 2 atom stereocenters. The summed E-state index contributed by atoms with van der Waals surface area (Å²) in [6.07, 6.45) is 0.726. The van der Waals surface area contributed by atoms with Gasteiger partial charge in [-0.2, -0.15) is 5.10 Å². The number of hydrogen-bond acceptors (Lipinski definition) is 4. The number of nitrogens with zero attached hydrogens (tertiary/aromatic N) is 3. The highest BCUT2D eigenvalue weighted by Crippen LogP contribution is 2.55. The number of anilines is 1. The molecule has 2 unspecified atom stereocenters. The first-order chi connectivity index (χ1) is 14.6. The predicted octanol–water partition coefficient (Wildman–Crippen LogP) is 4.37. The second-order valence-electron chi connectivity index (χ2n) is 8.15. The number of hydrogen-bond donors (Lipinski definition) is 0. The Morgan fingerprint density at radius 1 is 1.03 bits per heavy atom. The molecule has 5 nitrogen and oxygen atoms in total. The maximum atomic E-state index is 13.7. The molecule has 0 fully saturated rings. The van der Waals surface area contributed by atoms with Crippen LogP contribution >= 0.6 is 0 Å². The van der Waals surface area contributed by atoms with Crippen molar-refractivity contribution in [1.29, 1.82) is 0 Å². The fraction of sp³-hybridized carbons (Fsp3) is 0.200. The third kappa shape index (κ3) is 2.12. The normalized spacial score (nSPS) is 23.7. The van der Waals surface area contributed by atoms with Gasteiger partial charge in [-0.25, -0.2) is 5.01 Å². The molecule has 0 saturated heterocycles. The van der Waals surface area contributed by atoms with Crippen LogP contribution < -0.4 is 9.64 Å². The van der Waals surface area contributed by atoms with E-state index in [0.29, 0.717) is 0 Å². The van der Waals surface area contributed by atoms with E-state index in [2.05, 4.69) is 24.3 Å². The fourth-order valence-corrected chi connectivity index (χ4v) is 4.89. The van der Waals surface area contributed by atoms with Crippen LogP contribution in [-0.4, -0.2) is 23.7 Å². The average molecular weight is 395 g/mol. The number of rotatable bonds is 1.